The van der Waals surface area contributed by atoms with Gasteiger partial charge in [-0.25, -0.2) is 9.18 Å². The van der Waals surface area contributed by atoms with Crippen LogP contribution in [-0.2, 0) is 13.5 Å². The Morgan fingerprint density at radius 3 is 2.76 bits per heavy atom. The number of hydrogen-bond donors (Lipinski definition) is 2. The van der Waals surface area contributed by atoms with Gasteiger partial charge >= 0.3 is 5.97 Å². The summed E-state index contributed by atoms with van der Waals surface area (Å²) in [5, 5.41) is 15.6. The maximum atomic E-state index is 13.6. The first-order valence-corrected chi connectivity index (χ1v) is 6.29. The Balaban J connectivity index is 2.36. The Hall–Kier alpha value is -2.70. The third-order valence-corrected chi connectivity index (χ3v) is 2.96. The van der Waals surface area contributed by atoms with Gasteiger partial charge in [-0.15, -0.1) is 0 Å². The number of aryl methyl sites for hydroxylation is 2. The number of halogens is 1. The molecule has 21 heavy (non-hydrogen) atoms. The number of nitrogens with zero attached hydrogens (tertiary/aromatic N) is 2. The second-order valence-corrected chi connectivity index (χ2v) is 4.44. The van der Waals surface area contributed by atoms with Gasteiger partial charge in [0.25, 0.3) is 5.91 Å². The van der Waals surface area contributed by atoms with Crippen LogP contribution < -0.4 is 5.32 Å². The lowest BCUT2D eigenvalue weighted by atomic mass is 10.1. The number of aromatic nitrogens is 2. The van der Waals surface area contributed by atoms with E-state index in [4.69, 9.17) is 5.11 Å². The maximum Gasteiger partial charge on any atom is 0.340 e. The lowest BCUT2D eigenvalue weighted by Gasteiger charge is -2.08. The number of anilines is 1. The summed E-state index contributed by atoms with van der Waals surface area (Å²) in [7, 11) is 1.68. The topological polar surface area (TPSA) is 84.2 Å². The van der Waals surface area contributed by atoms with Gasteiger partial charge in [0, 0.05) is 13.2 Å². The zero-order valence-corrected chi connectivity index (χ0v) is 11.6. The van der Waals surface area contributed by atoms with E-state index in [-0.39, 0.29) is 5.69 Å². The van der Waals surface area contributed by atoms with Crippen LogP contribution in [0.15, 0.2) is 24.4 Å². The Morgan fingerprint density at radius 1 is 1.43 bits per heavy atom. The van der Waals surface area contributed by atoms with Gasteiger partial charge in [-0.1, -0.05) is 13.0 Å². The smallest absolute Gasteiger partial charge is 0.340 e. The summed E-state index contributed by atoms with van der Waals surface area (Å²) in [6, 6.07) is 3.70. The predicted octanol–water partition coefficient (Wildman–Crippen LogP) is 2.07. The molecule has 110 valence electrons. The monoisotopic (exact) mass is 291 g/mol. The minimum absolute atomic E-state index is 0.0848. The summed E-state index contributed by atoms with van der Waals surface area (Å²) in [6.07, 6.45) is 2.09. The van der Waals surface area contributed by atoms with E-state index in [1.807, 2.05) is 6.92 Å². The highest BCUT2D eigenvalue weighted by atomic mass is 19.1. The number of benzene rings is 1. The molecule has 2 N–H and O–H groups in total. The van der Waals surface area contributed by atoms with Crippen molar-refractivity contribution < 1.29 is 19.1 Å². The fourth-order valence-corrected chi connectivity index (χ4v) is 2.02. The molecule has 0 radical (unpaired) electrons. The van der Waals surface area contributed by atoms with E-state index in [0.29, 0.717) is 17.7 Å². The number of carbonyl (C=O) groups is 2. The standard InChI is InChI=1S/C14H14FN3O3/c1-3-10-8(7-18(2)17-10)13(19)16-11-6-4-5-9(15)12(11)14(20)21/h4-7H,3H2,1-2H3,(H,16,19)(H,20,21). The Morgan fingerprint density at radius 2 is 2.14 bits per heavy atom. The largest absolute Gasteiger partial charge is 0.478 e. The first-order valence-electron chi connectivity index (χ1n) is 6.29. The molecule has 0 aliphatic carbocycles. The molecule has 1 heterocycles. The number of carbonyl (C=O) groups excluding carboxylic acids is 1. The van der Waals surface area contributed by atoms with Crippen molar-refractivity contribution in [2.24, 2.45) is 7.05 Å². The number of rotatable bonds is 4. The normalized spacial score (nSPS) is 10.4. The quantitative estimate of drug-likeness (QED) is 0.903. The molecule has 0 fully saturated rings. The number of hydrogen-bond acceptors (Lipinski definition) is 3. The molecule has 1 amide bonds. The molecule has 0 saturated carbocycles. The van der Waals surface area contributed by atoms with Crippen LogP contribution in [0, 0.1) is 5.82 Å². The van der Waals surface area contributed by atoms with Crippen molar-refractivity contribution in [3.05, 3.63) is 47.0 Å². The molecule has 2 rings (SSSR count). The summed E-state index contributed by atoms with van der Waals surface area (Å²) in [4.78, 5) is 23.3. The fraction of sp³-hybridized carbons (Fsp3) is 0.214. The molecule has 0 aliphatic heterocycles. The lowest BCUT2D eigenvalue weighted by Crippen LogP contribution is -2.16. The molecule has 0 spiro atoms. The number of aromatic carboxylic acids is 1. The molecular weight excluding hydrogens is 277 g/mol. The van der Waals surface area contributed by atoms with Crippen LogP contribution in [0.2, 0.25) is 0 Å². The summed E-state index contributed by atoms with van der Waals surface area (Å²) < 4.78 is 15.1. The number of nitrogens with one attached hydrogen (secondary N) is 1. The fourth-order valence-electron chi connectivity index (χ4n) is 2.02. The molecule has 0 atom stereocenters. The minimum Gasteiger partial charge on any atom is -0.478 e. The maximum absolute atomic E-state index is 13.6. The van der Waals surface area contributed by atoms with Gasteiger partial charge in [-0.2, -0.15) is 5.10 Å². The van der Waals surface area contributed by atoms with Crippen molar-refractivity contribution in [2.75, 3.05) is 5.32 Å². The zero-order chi connectivity index (χ0) is 15.6. The second-order valence-electron chi connectivity index (χ2n) is 4.44. The van der Waals surface area contributed by atoms with Crippen molar-refractivity contribution >= 4 is 17.6 Å². The van der Waals surface area contributed by atoms with Gasteiger partial charge in [0.2, 0.25) is 0 Å². The van der Waals surface area contributed by atoms with Crippen molar-refractivity contribution in [2.45, 2.75) is 13.3 Å². The van der Waals surface area contributed by atoms with Gasteiger partial charge in [-0.05, 0) is 18.6 Å². The van der Waals surface area contributed by atoms with E-state index in [2.05, 4.69) is 10.4 Å². The second kappa shape index (κ2) is 5.74. The average molecular weight is 291 g/mol. The number of carboxylic acids is 1. The molecule has 2 aromatic rings. The number of amides is 1. The van der Waals surface area contributed by atoms with Crippen molar-refractivity contribution in [1.82, 2.24) is 9.78 Å². The highest BCUT2D eigenvalue weighted by Crippen LogP contribution is 2.20. The first kappa shape index (κ1) is 14.7. The van der Waals surface area contributed by atoms with E-state index in [1.54, 1.807) is 7.05 Å². The molecule has 0 unspecified atom stereocenters. The Bertz CT molecular complexity index is 709. The van der Waals surface area contributed by atoms with Gasteiger partial charge in [-0.3, -0.25) is 9.48 Å². The molecule has 7 heteroatoms. The summed E-state index contributed by atoms with van der Waals surface area (Å²) in [5.41, 5.74) is 0.273. The van der Waals surface area contributed by atoms with Crippen molar-refractivity contribution in [3.63, 3.8) is 0 Å². The summed E-state index contributed by atoms with van der Waals surface area (Å²) in [6.45, 7) is 1.85. The van der Waals surface area contributed by atoms with E-state index in [1.165, 1.54) is 23.0 Å². The molecule has 0 aliphatic rings. The lowest BCUT2D eigenvalue weighted by molar-refractivity contribution is 0.0693. The highest BCUT2D eigenvalue weighted by molar-refractivity contribution is 6.08. The molecular formula is C14H14FN3O3. The third-order valence-electron chi connectivity index (χ3n) is 2.96. The van der Waals surface area contributed by atoms with E-state index >= 15 is 0 Å². The first-order chi connectivity index (χ1) is 9.93. The van der Waals surface area contributed by atoms with E-state index in [0.717, 1.165) is 6.07 Å². The Kier molecular flexibility index (Phi) is 4.02. The SMILES string of the molecule is CCc1nn(C)cc1C(=O)Nc1cccc(F)c1C(=O)O. The molecule has 0 saturated heterocycles. The van der Waals surface area contributed by atoms with Crippen LogP contribution in [0.25, 0.3) is 0 Å². The van der Waals surface area contributed by atoms with Gasteiger partial charge in [0.05, 0.1) is 16.9 Å². The van der Waals surface area contributed by atoms with Crippen LogP contribution in [0.5, 0.6) is 0 Å². The zero-order valence-electron chi connectivity index (χ0n) is 11.6. The Labute approximate surface area is 120 Å². The molecule has 1 aromatic carbocycles. The summed E-state index contributed by atoms with van der Waals surface area (Å²) in [5.74, 6) is -2.86. The van der Waals surface area contributed by atoms with Crippen LogP contribution in [-0.4, -0.2) is 26.8 Å². The number of carboxylic acid groups (broad SMARTS) is 1. The summed E-state index contributed by atoms with van der Waals surface area (Å²) >= 11 is 0. The van der Waals surface area contributed by atoms with Crippen molar-refractivity contribution in [3.8, 4) is 0 Å². The average Bonchev–Trinajstić information content (AvgIpc) is 2.79. The molecule has 0 bridgehead atoms. The molecule has 6 nitrogen and oxygen atoms in total. The van der Waals surface area contributed by atoms with Crippen LogP contribution in [0.3, 0.4) is 0 Å². The van der Waals surface area contributed by atoms with Gasteiger partial charge in [0.1, 0.15) is 11.4 Å². The van der Waals surface area contributed by atoms with E-state index < -0.39 is 23.3 Å². The van der Waals surface area contributed by atoms with E-state index in [9.17, 15) is 14.0 Å². The predicted molar refractivity (Wildman–Crippen MR) is 73.9 cm³/mol. The molecule has 1 aromatic heterocycles. The van der Waals surface area contributed by atoms with Gasteiger partial charge in [0.15, 0.2) is 0 Å². The van der Waals surface area contributed by atoms with Crippen LogP contribution >= 0.6 is 0 Å². The van der Waals surface area contributed by atoms with Crippen LogP contribution in [0.1, 0.15) is 33.3 Å². The minimum atomic E-state index is -1.44. The van der Waals surface area contributed by atoms with Crippen molar-refractivity contribution in [1.29, 1.82) is 0 Å². The van der Waals surface area contributed by atoms with Gasteiger partial charge < -0.3 is 10.4 Å². The van der Waals surface area contributed by atoms with Crippen LogP contribution in [0.4, 0.5) is 10.1 Å². The highest BCUT2D eigenvalue weighted by Gasteiger charge is 2.20. The third kappa shape index (κ3) is 2.91.